The lowest BCUT2D eigenvalue weighted by Crippen LogP contribution is -1.89. The van der Waals surface area contributed by atoms with Crippen molar-refractivity contribution in [1.29, 1.82) is 0 Å². The molecule has 66 valence electrons. The molecule has 0 aliphatic rings. The molecule has 1 aromatic rings. The van der Waals surface area contributed by atoms with E-state index in [0.29, 0.717) is 9.21 Å². The molecule has 0 saturated heterocycles. The van der Waals surface area contributed by atoms with E-state index < -0.39 is 9.05 Å². The SMILES string of the molecule is C=C(c1ccc(Cl)s1)S(=O)(=O)Cl. The summed E-state index contributed by atoms with van der Waals surface area (Å²) < 4.78 is 22.0. The molecule has 12 heavy (non-hydrogen) atoms. The maximum atomic E-state index is 10.8. The van der Waals surface area contributed by atoms with Gasteiger partial charge in [0.2, 0.25) is 0 Å². The molecular weight excluding hydrogens is 239 g/mol. The van der Waals surface area contributed by atoms with E-state index in [1.807, 2.05) is 0 Å². The van der Waals surface area contributed by atoms with Gasteiger partial charge in [-0.25, -0.2) is 8.42 Å². The second-order valence-electron chi connectivity index (χ2n) is 1.96. The first-order chi connectivity index (χ1) is 5.41. The van der Waals surface area contributed by atoms with Crippen LogP contribution in [0.4, 0.5) is 0 Å². The molecule has 0 aliphatic carbocycles. The van der Waals surface area contributed by atoms with Crippen LogP contribution in [0, 0.1) is 0 Å². The topological polar surface area (TPSA) is 34.1 Å². The molecule has 1 rings (SSSR count). The largest absolute Gasteiger partial charge is 0.262 e. The fourth-order valence-corrected chi connectivity index (χ4v) is 2.64. The molecule has 0 atom stereocenters. The van der Waals surface area contributed by atoms with Gasteiger partial charge in [0.05, 0.1) is 9.24 Å². The Hall–Kier alpha value is -0.0300. The molecule has 0 aromatic carbocycles. The highest BCUT2D eigenvalue weighted by atomic mass is 35.7. The van der Waals surface area contributed by atoms with Crippen molar-refractivity contribution in [2.45, 2.75) is 0 Å². The van der Waals surface area contributed by atoms with Crippen LogP contribution < -0.4 is 0 Å². The fraction of sp³-hybridized carbons (Fsp3) is 0. The molecule has 0 fully saturated rings. The lowest BCUT2D eigenvalue weighted by atomic mass is 10.5. The van der Waals surface area contributed by atoms with E-state index in [9.17, 15) is 8.42 Å². The van der Waals surface area contributed by atoms with Crippen molar-refractivity contribution >= 4 is 47.6 Å². The Morgan fingerprint density at radius 2 is 2.08 bits per heavy atom. The van der Waals surface area contributed by atoms with Crippen molar-refractivity contribution in [2.24, 2.45) is 0 Å². The molecule has 0 radical (unpaired) electrons. The van der Waals surface area contributed by atoms with Gasteiger partial charge in [-0.15, -0.1) is 11.3 Å². The zero-order valence-corrected chi connectivity index (χ0v) is 8.90. The van der Waals surface area contributed by atoms with E-state index in [0.717, 1.165) is 11.3 Å². The molecule has 0 unspecified atom stereocenters. The number of halogens is 2. The smallest absolute Gasteiger partial charge is 0.207 e. The van der Waals surface area contributed by atoms with Gasteiger partial charge in [-0.3, -0.25) is 0 Å². The monoisotopic (exact) mass is 242 g/mol. The third kappa shape index (κ3) is 2.23. The van der Waals surface area contributed by atoms with Gasteiger partial charge >= 0.3 is 0 Å². The van der Waals surface area contributed by atoms with Crippen LogP contribution in [-0.4, -0.2) is 8.42 Å². The quantitative estimate of drug-likeness (QED) is 0.748. The third-order valence-corrected chi connectivity index (χ3v) is 3.93. The predicted octanol–water partition coefficient (Wildman–Crippen LogP) is 2.94. The van der Waals surface area contributed by atoms with Crippen molar-refractivity contribution in [3.63, 3.8) is 0 Å². The molecule has 1 heterocycles. The molecule has 0 saturated carbocycles. The van der Waals surface area contributed by atoms with Crippen molar-refractivity contribution < 1.29 is 8.42 Å². The van der Waals surface area contributed by atoms with Gasteiger partial charge in [-0.2, -0.15) is 0 Å². The number of rotatable bonds is 2. The van der Waals surface area contributed by atoms with Crippen LogP contribution in [0.3, 0.4) is 0 Å². The number of hydrogen-bond donors (Lipinski definition) is 0. The molecular formula is C6H4Cl2O2S2. The molecule has 0 bridgehead atoms. The summed E-state index contributed by atoms with van der Waals surface area (Å²) in [6, 6.07) is 3.16. The zero-order chi connectivity index (χ0) is 9.35. The van der Waals surface area contributed by atoms with E-state index in [-0.39, 0.29) is 4.91 Å². The van der Waals surface area contributed by atoms with Crippen LogP contribution in [0.2, 0.25) is 4.34 Å². The molecule has 0 N–H and O–H groups in total. The first-order valence-electron chi connectivity index (χ1n) is 2.80. The predicted molar refractivity (Wildman–Crippen MR) is 53.1 cm³/mol. The molecule has 6 heteroatoms. The molecule has 0 amide bonds. The minimum atomic E-state index is -3.71. The Morgan fingerprint density at radius 1 is 1.50 bits per heavy atom. The van der Waals surface area contributed by atoms with Gasteiger partial charge in [0.25, 0.3) is 9.05 Å². The van der Waals surface area contributed by atoms with Gasteiger partial charge in [-0.05, 0) is 12.1 Å². The highest BCUT2D eigenvalue weighted by molar-refractivity contribution is 8.21. The lowest BCUT2D eigenvalue weighted by Gasteiger charge is -1.94. The number of hydrogen-bond acceptors (Lipinski definition) is 3. The Balaban J connectivity index is 3.10. The first kappa shape index (κ1) is 10.1. The third-order valence-electron chi connectivity index (χ3n) is 1.14. The van der Waals surface area contributed by atoms with Crippen LogP contribution in [0.15, 0.2) is 18.7 Å². The molecule has 0 spiro atoms. The summed E-state index contributed by atoms with van der Waals surface area (Å²) in [7, 11) is 1.35. The summed E-state index contributed by atoms with van der Waals surface area (Å²) >= 11 is 6.72. The van der Waals surface area contributed by atoms with E-state index >= 15 is 0 Å². The van der Waals surface area contributed by atoms with Crippen LogP contribution in [0.1, 0.15) is 4.88 Å². The Labute approximate surface area is 83.8 Å². The van der Waals surface area contributed by atoms with Gasteiger partial charge in [0, 0.05) is 15.6 Å². The standard InChI is InChI=1S/C6H4Cl2O2S2/c1-4(12(8,9)10)5-2-3-6(7)11-5/h2-3H,1H2. The first-order valence-corrected chi connectivity index (χ1v) is 6.31. The van der Waals surface area contributed by atoms with E-state index in [2.05, 4.69) is 6.58 Å². The van der Waals surface area contributed by atoms with Gasteiger partial charge < -0.3 is 0 Å². The summed E-state index contributed by atoms with van der Waals surface area (Å²) in [6.45, 7) is 3.34. The second kappa shape index (κ2) is 3.38. The summed E-state index contributed by atoms with van der Waals surface area (Å²) in [5.41, 5.74) is 0. The van der Waals surface area contributed by atoms with E-state index in [1.165, 1.54) is 0 Å². The molecule has 0 aliphatic heterocycles. The van der Waals surface area contributed by atoms with Crippen LogP contribution in [0.25, 0.3) is 4.91 Å². The number of thiophene rings is 1. The Kier molecular flexibility index (Phi) is 2.83. The molecule has 1 aromatic heterocycles. The average Bonchev–Trinajstić information content (AvgIpc) is 2.32. The zero-order valence-electron chi connectivity index (χ0n) is 5.75. The van der Waals surface area contributed by atoms with E-state index in [1.54, 1.807) is 12.1 Å². The molecule has 2 nitrogen and oxygen atoms in total. The van der Waals surface area contributed by atoms with Gasteiger partial charge in [-0.1, -0.05) is 18.2 Å². The maximum Gasteiger partial charge on any atom is 0.262 e. The Morgan fingerprint density at radius 3 is 2.42 bits per heavy atom. The fourth-order valence-electron chi connectivity index (χ4n) is 0.584. The van der Waals surface area contributed by atoms with Crippen LogP contribution >= 0.6 is 33.6 Å². The summed E-state index contributed by atoms with van der Waals surface area (Å²) in [6.07, 6.45) is 0. The minimum absolute atomic E-state index is 0.110. The second-order valence-corrected chi connectivity index (χ2v) is 6.27. The van der Waals surface area contributed by atoms with E-state index in [4.69, 9.17) is 22.3 Å². The highest BCUT2D eigenvalue weighted by Crippen LogP contribution is 2.31. The average molecular weight is 243 g/mol. The summed E-state index contributed by atoms with van der Waals surface area (Å²) in [4.78, 5) is 0.357. The normalized spacial score (nSPS) is 11.5. The van der Waals surface area contributed by atoms with Crippen LogP contribution in [-0.2, 0) is 9.05 Å². The maximum absolute atomic E-state index is 10.8. The van der Waals surface area contributed by atoms with Gasteiger partial charge in [0.15, 0.2) is 0 Å². The van der Waals surface area contributed by atoms with Crippen molar-refractivity contribution in [3.05, 3.63) is 27.9 Å². The highest BCUT2D eigenvalue weighted by Gasteiger charge is 2.15. The Bertz CT molecular complexity index is 405. The summed E-state index contributed by atoms with van der Waals surface area (Å²) in [5, 5.41) is 0. The van der Waals surface area contributed by atoms with Crippen molar-refractivity contribution in [2.75, 3.05) is 0 Å². The van der Waals surface area contributed by atoms with Crippen LogP contribution in [0.5, 0.6) is 0 Å². The summed E-state index contributed by atoms with van der Waals surface area (Å²) in [5.74, 6) is 0. The van der Waals surface area contributed by atoms with Crippen molar-refractivity contribution in [3.8, 4) is 0 Å². The van der Waals surface area contributed by atoms with Crippen molar-refractivity contribution in [1.82, 2.24) is 0 Å². The van der Waals surface area contributed by atoms with Gasteiger partial charge in [0.1, 0.15) is 0 Å². The lowest BCUT2D eigenvalue weighted by molar-refractivity contribution is 0.618. The minimum Gasteiger partial charge on any atom is -0.207 e.